The number of carbonyl (C=O) groups is 1. The standard InChI is InChI=1S/C16H17N3O2S/c1-10-12-8-11(2-3-13(12)17-15(10)20)14-9-22-16(18-14)19-4-6-21-7-5-19/h2-3,8-10H,4-7H2,1H3,(H,17,20)/t10-/m0/s1. The molecule has 1 saturated heterocycles. The molecule has 0 bridgehead atoms. The highest BCUT2D eigenvalue weighted by Crippen LogP contribution is 2.36. The molecule has 22 heavy (non-hydrogen) atoms. The van der Waals surface area contributed by atoms with Gasteiger partial charge in [0.2, 0.25) is 5.91 Å². The predicted molar refractivity (Wildman–Crippen MR) is 87.6 cm³/mol. The average molecular weight is 315 g/mol. The summed E-state index contributed by atoms with van der Waals surface area (Å²) in [6, 6.07) is 6.07. The van der Waals surface area contributed by atoms with E-state index in [1.807, 2.05) is 19.1 Å². The van der Waals surface area contributed by atoms with Gasteiger partial charge in [0.25, 0.3) is 0 Å². The molecule has 1 N–H and O–H groups in total. The number of hydrogen-bond donors (Lipinski definition) is 1. The Hall–Kier alpha value is -1.92. The average Bonchev–Trinajstić information content (AvgIpc) is 3.14. The van der Waals surface area contributed by atoms with Crippen molar-refractivity contribution in [1.82, 2.24) is 4.98 Å². The number of aromatic nitrogens is 1. The molecule has 1 atom stereocenters. The van der Waals surface area contributed by atoms with Crippen LogP contribution in [0.15, 0.2) is 23.6 Å². The summed E-state index contributed by atoms with van der Waals surface area (Å²) < 4.78 is 5.38. The van der Waals surface area contributed by atoms with Gasteiger partial charge in [-0.3, -0.25) is 4.79 Å². The van der Waals surface area contributed by atoms with Gasteiger partial charge in [-0.25, -0.2) is 4.98 Å². The molecule has 2 aliphatic heterocycles. The minimum atomic E-state index is -0.0905. The molecular weight excluding hydrogens is 298 g/mol. The number of nitrogens with one attached hydrogen (secondary N) is 1. The molecule has 1 aromatic carbocycles. The van der Waals surface area contributed by atoms with Gasteiger partial charge in [-0.15, -0.1) is 11.3 Å². The van der Waals surface area contributed by atoms with Crippen LogP contribution in [0.1, 0.15) is 18.4 Å². The maximum absolute atomic E-state index is 11.7. The lowest BCUT2D eigenvalue weighted by atomic mass is 10.00. The van der Waals surface area contributed by atoms with Crippen LogP contribution in [0, 0.1) is 0 Å². The summed E-state index contributed by atoms with van der Waals surface area (Å²) in [4.78, 5) is 18.8. The van der Waals surface area contributed by atoms with E-state index in [1.165, 1.54) is 0 Å². The SMILES string of the molecule is C[C@@H]1C(=O)Nc2ccc(-c3csc(N4CCOCC4)n3)cc21. The van der Waals surface area contributed by atoms with E-state index >= 15 is 0 Å². The summed E-state index contributed by atoms with van der Waals surface area (Å²) >= 11 is 1.66. The van der Waals surface area contributed by atoms with Gasteiger partial charge in [-0.05, 0) is 24.6 Å². The molecule has 1 aromatic heterocycles. The van der Waals surface area contributed by atoms with Crippen LogP contribution >= 0.6 is 11.3 Å². The number of carbonyl (C=O) groups excluding carboxylic acids is 1. The Morgan fingerprint density at radius 2 is 2.18 bits per heavy atom. The van der Waals surface area contributed by atoms with E-state index in [2.05, 4.69) is 21.7 Å². The van der Waals surface area contributed by atoms with Crippen LogP contribution < -0.4 is 10.2 Å². The fourth-order valence-corrected chi connectivity index (χ4v) is 3.76. The van der Waals surface area contributed by atoms with Crippen LogP contribution in [0.4, 0.5) is 10.8 Å². The molecule has 2 aliphatic rings. The van der Waals surface area contributed by atoms with E-state index in [1.54, 1.807) is 11.3 Å². The fourth-order valence-electron chi connectivity index (χ4n) is 2.87. The lowest BCUT2D eigenvalue weighted by Crippen LogP contribution is -2.36. The molecule has 0 spiro atoms. The second-order valence-electron chi connectivity index (χ2n) is 5.63. The minimum absolute atomic E-state index is 0.0689. The lowest BCUT2D eigenvalue weighted by Gasteiger charge is -2.26. The number of nitrogens with zero attached hydrogens (tertiary/aromatic N) is 2. The predicted octanol–water partition coefficient (Wildman–Crippen LogP) is 2.70. The Balaban J connectivity index is 1.63. The van der Waals surface area contributed by atoms with Gasteiger partial charge in [0.15, 0.2) is 5.13 Å². The van der Waals surface area contributed by atoms with Gasteiger partial charge in [0, 0.05) is 29.7 Å². The van der Waals surface area contributed by atoms with Crippen LogP contribution in [-0.2, 0) is 9.53 Å². The highest BCUT2D eigenvalue weighted by Gasteiger charge is 2.27. The zero-order chi connectivity index (χ0) is 15.1. The van der Waals surface area contributed by atoms with Crippen molar-refractivity contribution in [3.8, 4) is 11.3 Å². The molecule has 3 heterocycles. The number of anilines is 2. The number of thiazole rings is 1. The first-order chi connectivity index (χ1) is 10.7. The van der Waals surface area contributed by atoms with Crippen LogP contribution in [0.2, 0.25) is 0 Å². The third-order valence-corrected chi connectivity index (χ3v) is 5.14. The molecule has 0 unspecified atom stereocenters. The largest absolute Gasteiger partial charge is 0.378 e. The van der Waals surface area contributed by atoms with E-state index < -0.39 is 0 Å². The van der Waals surface area contributed by atoms with Crippen molar-refractivity contribution >= 4 is 28.1 Å². The maximum atomic E-state index is 11.7. The summed E-state index contributed by atoms with van der Waals surface area (Å²) in [5.74, 6) is -0.0215. The number of benzene rings is 1. The van der Waals surface area contributed by atoms with Gasteiger partial charge in [-0.2, -0.15) is 0 Å². The molecule has 0 aliphatic carbocycles. The van der Waals surface area contributed by atoms with Crippen molar-refractivity contribution in [2.24, 2.45) is 0 Å². The number of ether oxygens (including phenoxy) is 1. The molecule has 5 nitrogen and oxygen atoms in total. The Morgan fingerprint density at radius 3 is 3.00 bits per heavy atom. The second kappa shape index (κ2) is 5.37. The van der Waals surface area contributed by atoms with Gasteiger partial charge < -0.3 is 15.0 Å². The van der Waals surface area contributed by atoms with E-state index in [0.29, 0.717) is 0 Å². The summed E-state index contributed by atoms with van der Waals surface area (Å²) in [7, 11) is 0. The van der Waals surface area contributed by atoms with Crippen LogP contribution in [-0.4, -0.2) is 37.2 Å². The van der Waals surface area contributed by atoms with E-state index in [0.717, 1.165) is 53.9 Å². The van der Waals surface area contributed by atoms with Crippen LogP contribution in [0.25, 0.3) is 11.3 Å². The normalized spacial score (nSPS) is 20.9. The zero-order valence-corrected chi connectivity index (χ0v) is 13.2. The first kappa shape index (κ1) is 13.7. The Bertz CT molecular complexity index is 722. The monoisotopic (exact) mass is 315 g/mol. The summed E-state index contributed by atoms with van der Waals surface area (Å²) in [5.41, 5.74) is 4.02. The van der Waals surface area contributed by atoms with E-state index in [-0.39, 0.29) is 11.8 Å². The molecule has 2 aromatic rings. The third-order valence-electron chi connectivity index (χ3n) is 4.24. The molecule has 1 fully saturated rings. The van der Waals surface area contributed by atoms with E-state index in [4.69, 9.17) is 9.72 Å². The lowest BCUT2D eigenvalue weighted by molar-refractivity contribution is -0.116. The van der Waals surface area contributed by atoms with Crippen molar-refractivity contribution < 1.29 is 9.53 Å². The first-order valence-corrected chi connectivity index (χ1v) is 8.34. The zero-order valence-electron chi connectivity index (χ0n) is 12.3. The van der Waals surface area contributed by atoms with Crippen molar-refractivity contribution in [2.75, 3.05) is 36.5 Å². The molecule has 1 amide bonds. The second-order valence-corrected chi connectivity index (χ2v) is 6.46. The summed E-state index contributed by atoms with van der Waals surface area (Å²) in [6.45, 7) is 5.25. The summed E-state index contributed by atoms with van der Waals surface area (Å²) in [6.07, 6.45) is 0. The number of morpholine rings is 1. The molecule has 0 saturated carbocycles. The minimum Gasteiger partial charge on any atom is -0.378 e. The first-order valence-electron chi connectivity index (χ1n) is 7.46. The van der Waals surface area contributed by atoms with Gasteiger partial charge in [-0.1, -0.05) is 6.07 Å². The summed E-state index contributed by atoms with van der Waals surface area (Å²) in [5, 5.41) is 6.03. The van der Waals surface area contributed by atoms with E-state index in [9.17, 15) is 4.79 Å². The Labute approximate surface area is 132 Å². The number of rotatable bonds is 2. The Kier molecular flexibility index (Phi) is 3.35. The van der Waals surface area contributed by atoms with Crippen molar-refractivity contribution in [1.29, 1.82) is 0 Å². The maximum Gasteiger partial charge on any atom is 0.231 e. The number of fused-ring (bicyclic) bond motifs is 1. The molecule has 0 radical (unpaired) electrons. The fraction of sp³-hybridized carbons (Fsp3) is 0.375. The third kappa shape index (κ3) is 2.28. The highest BCUT2D eigenvalue weighted by molar-refractivity contribution is 7.14. The van der Waals surface area contributed by atoms with Gasteiger partial charge in [0.05, 0.1) is 24.8 Å². The van der Waals surface area contributed by atoms with Crippen molar-refractivity contribution in [3.63, 3.8) is 0 Å². The topological polar surface area (TPSA) is 54.5 Å². The molecular formula is C16H17N3O2S. The molecule has 114 valence electrons. The van der Waals surface area contributed by atoms with Crippen LogP contribution in [0.5, 0.6) is 0 Å². The van der Waals surface area contributed by atoms with Crippen LogP contribution in [0.3, 0.4) is 0 Å². The molecule has 4 rings (SSSR count). The highest BCUT2D eigenvalue weighted by atomic mass is 32.1. The van der Waals surface area contributed by atoms with Gasteiger partial charge in [0.1, 0.15) is 0 Å². The number of amides is 1. The molecule has 6 heteroatoms. The van der Waals surface area contributed by atoms with Crippen molar-refractivity contribution in [2.45, 2.75) is 12.8 Å². The number of hydrogen-bond acceptors (Lipinski definition) is 5. The Morgan fingerprint density at radius 1 is 1.36 bits per heavy atom. The quantitative estimate of drug-likeness (QED) is 0.926. The van der Waals surface area contributed by atoms with Gasteiger partial charge >= 0.3 is 0 Å². The smallest absolute Gasteiger partial charge is 0.231 e. The van der Waals surface area contributed by atoms with Crippen molar-refractivity contribution in [3.05, 3.63) is 29.1 Å².